The van der Waals surface area contributed by atoms with Crippen molar-refractivity contribution in [1.82, 2.24) is 19.6 Å². The van der Waals surface area contributed by atoms with E-state index in [9.17, 15) is 5.11 Å². The van der Waals surface area contributed by atoms with E-state index >= 15 is 0 Å². The summed E-state index contributed by atoms with van der Waals surface area (Å²) in [6, 6.07) is 5.41. The van der Waals surface area contributed by atoms with E-state index in [1.807, 2.05) is 13.0 Å². The van der Waals surface area contributed by atoms with E-state index in [-0.39, 0.29) is 0 Å². The van der Waals surface area contributed by atoms with Gasteiger partial charge in [-0.2, -0.15) is 14.6 Å². The molecule has 0 bridgehead atoms. The number of nitrogens with one attached hydrogen (secondary N) is 1. The summed E-state index contributed by atoms with van der Waals surface area (Å²) in [7, 11) is 0. The molecule has 0 spiro atoms. The van der Waals surface area contributed by atoms with E-state index < -0.39 is 6.10 Å². The van der Waals surface area contributed by atoms with Gasteiger partial charge in [-0.25, -0.2) is 4.98 Å². The zero-order valence-corrected chi connectivity index (χ0v) is 11.0. The predicted octanol–water partition coefficient (Wildman–Crippen LogP) is 1.56. The summed E-state index contributed by atoms with van der Waals surface area (Å²) in [5.41, 5.74) is 0.861. The molecule has 7 nitrogen and oxygen atoms in total. The van der Waals surface area contributed by atoms with Crippen LogP contribution in [0.25, 0.3) is 5.78 Å². The predicted molar refractivity (Wildman–Crippen MR) is 72.3 cm³/mol. The van der Waals surface area contributed by atoms with Gasteiger partial charge in [0.2, 0.25) is 0 Å². The number of hydrogen-bond donors (Lipinski definition) is 2. The van der Waals surface area contributed by atoms with Crippen molar-refractivity contribution in [2.24, 2.45) is 0 Å². The molecule has 0 aliphatic rings. The van der Waals surface area contributed by atoms with E-state index in [2.05, 4.69) is 20.4 Å². The first-order valence-electron chi connectivity index (χ1n) is 6.37. The smallest absolute Gasteiger partial charge is 0.254 e. The van der Waals surface area contributed by atoms with E-state index in [1.165, 1.54) is 6.33 Å². The van der Waals surface area contributed by atoms with Gasteiger partial charge in [-0.05, 0) is 25.5 Å². The Labute approximate surface area is 115 Å². The number of rotatable bonds is 5. The summed E-state index contributed by atoms with van der Waals surface area (Å²) in [4.78, 5) is 8.33. The zero-order valence-electron chi connectivity index (χ0n) is 11.0. The van der Waals surface area contributed by atoms with Crippen molar-refractivity contribution < 1.29 is 9.52 Å². The van der Waals surface area contributed by atoms with Crippen LogP contribution in [0.4, 0.5) is 5.82 Å². The minimum absolute atomic E-state index is 0.533. The van der Waals surface area contributed by atoms with Gasteiger partial charge in [-0.15, -0.1) is 0 Å². The fourth-order valence-electron chi connectivity index (χ4n) is 2.02. The van der Waals surface area contributed by atoms with Crippen molar-refractivity contribution in [1.29, 1.82) is 0 Å². The first-order valence-corrected chi connectivity index (χ1v) is 6.37. The van der Waals surface area contributed by atoms with Crippen LogP contribution in [0.3, 0.4) is 0 Å². The van der Waals surface area contributed by atoms with Crippen LogP contribution in [0.5, 0.6) is 0 Å². The Kier molecular flexibility index (Phi) is 3.34. The highest BCUT2D eigenvalue weighted by Gasteiger charge is 2.10. The maximum Gasteiger partial charge on any atom is 0.254 e. The molecule has 0 aromatic carbocycles. The summed E-state index contributed by atoms with van der Waals surface area (Å²) < 4.78 is 6.79. The lowest BCUT2D eigenvalue weighted by Crippen LogP contribution is -2.11. The Morgan fingerprint density at radius 1 is 1.50 bits per heavy atom. The number of hydrogen-bond acceptors (Lipinski definition) is 6. The quantitative estimate of drug-likeness (QED) is 0.733. The number of furan rings is 1. The molecule has 0 saturated carbocycles. The second-order valence-electron chi connectivity index (χ2n) is 4.50. The number of aryl methyl sites for hydroxylation is 1. The maximum absolute atomic E-state index is 9.93. The van der Waals surface area contributed by atoms with E-state index in [0.29, 0.717) is 24.5 Å². The van der Waals surface area contributed by atoms with Crippen LogP contribution >= 0.6 is 0 Å². The van der Waals surface area contributed by atoms with Gasteiger partial charge in [-0.3, -0.25) is 0 Å². The summed E-state index contributed by atoms with van der Waals surface area (Å²) in [5, 5.41) is 17.3. The Morgan fingerprint density at radius 2 is 2.40 bits per heavy atom. The lowest BCUT2D eigenvalue weighted by molar-refractivity contribution is 0.144. The van der Waals surface area contributed by atoms with Crippen LogP contribution in [0.2, 0.25) is 0 Å². The van der Waals surface area contributed by atoms with Crippen molar-refractivity contribution >= 4 is 11.6 Å². The standard InChI is InChI=1S/C13H15N5O2/c1-9-7-12(18-13(17-9)15-8-16-18)14-5-4-10(19)11-3-2-6-20-11/h2-3,6-8,10,14,19H,4-5H2,1H3. The number of anilines is 1. The van der Waals surface area contributed by atoms with Gasteiger partial charge in [0.05, 0.1) is 6.26 Å². The summed E-state index contributed by atoms with van der Waals surface area (Å²) in [5.74, 6) is 1.93. The zero-order chi connectivity index (χ0) is 13.9. The number of fused-ring (bicyclic) bond motifs is 1. The molecule has 0 amide bonds. The molecule has 20 heavy (non-hydrogen) atoms. The van der Waals surface area contributed by atoms with Gasteiger partial charge in [0.25, 0.3) is 5.78 Å². The first kappa shape index (κ1) is 12.6. The molecule has 0 fully saturated rings. The molecule has 1 unspecified atom stereocenters. The molecule has 104 valence electrons. The first-order chi connectivity index (χ1) is 9.74. The average Bonchev–Trinajstić information content (AvgIpc) is 3.09. The molecule has 1 atom stereocenters. The molecule has 2 N–H and O–H groups in total. The second-order valence-corrected chi connectivity index (χ2v) is 4.50. The molecule has 0 radical (unpaired) electrons. The molecular weight excluding hydrogens is 258 g/mol. The van der Waals surface area contributed by atoms with Crippen LogP contribution in [-0.4, -0.2) is 31.2 Å². The molecule has 0 aliphatic heterocycles. The van der Waals surface area contributed by atoms with Crippen LogP contribution in [0.1, 0.15) is 24.0 Å². The van der Waals surface area contributed by atoms with E-state index in [0.717, 1.165) is 11.5 Å². The molecule has 0 saturated heterocycles. The van der Waals surface area contributed by atoms with Crippen LogP contribution in [0.15, 0.2) is 35.2 Å². The number of aliphatic hydroxyl groups is 1. The van der Waals surface area contributed by atoms with Crippen LogP contribution in [-0.2, 0) is 0 Å². The minimum Gasteiger partial charge on any atom is -0.467 e. The summed E-state index contributed by atoms with van der Waals surface area (Å²) >= 11 is 0. The largest absolute Gasteiger partial charge is 0.467 e. The minimum atomic E-state index is -0.619. The lowest BCUT2D eigenvalue weighted by atomic mass is 10.2. The molecular formula is C13H15N5O2. The number of aliphatic hydroxyl groups excluding tert-OH is 1. The highest BCUT2D eigenvalue weighted by atomic mass is 16.4. The normalized spacial score (nSPS) is 12.7. The van der Waals surface area contributed by atoms with Gasteiger partial charge in [0.1, 0.15) is 24.0 Å². The Morgan fingerprint density at radius 3 is 3.20 bits per heavy atom. The van der Waals surface area contributed by atoms with Crippen molar-refractivity contribution in [2.75, 3.05) is 11.9 Å². The van der Waals surface area contributed by atoms with Crippen molar-refractivity contribution in [3.05, 3.63) is 42.2 Å². The molecule has 7 heteroatoms. The van der Waals surface area contributed by atoms with Crippen molar-refractivity contribution in [3.8, 4) is 0 Å². The van der Waals surface area contributed by atoms with E-state index in [1.54, 1.807) is 22.9 Å². The summed E-state index contributed by atoms with van der Waals surface area (Å²) in [6.45, 7) is 2.48. The number of nitrogens with zero attached hydrogens (tertiary/aromatic N) is 4. The molecule has 0 aliphatic carbocycles. The Bertz CT molecular complexity index is 692. The number of aromatic nitrogens is 4. The van der Waals surface area contributed by atoms with Crippen molar-refractivity contribution in [2.45, 2.75) is 19.4 Å². The topological polar surface area (TPSA) is 88.5 Å². The van der Waals surface area contributed by atoms with Gasteiger partial charge in [0, 0.05) is 18.3 Å². The van der Waals surface area contributed by atoms with E-state index in [4.69, 9.17) is 4.42 Å². The highest BCUT2D eigenvalue weighted by molar-refractivity contribution is 5.44. The lowest BCUT2D eigenvalue weighted by Gasteiger charge is -2.11. The van der Waals surface area contributed by atoms with Crippen LogP contribution in [0, 0.1) is 6.92 Å². The third-order valence-corrected chi connectivity index (χ3v) is 2.98. The Hall–Kier alpha value is -2.41. The Balaban J connectivity index is 1.67. The van der Waals surface area contributed by atoms with Gasteiger partial charge in [-0.1, -0.05) is 0 Å². The highest BCUT2D eigenvalue weighted by Crippen LogP contribution is 2.17. The maximum atomic E-state index is 9.93. The van der Waals surface area contributed by atoms with Gasteiger partial charge < -0.3 is 14.8 Å². The third-order valence-electron chi connectivity index (χ3n) is 2.98. The van der Waals surface area contributed by atoms with Gasteiger partial charge in [0.15, 0.2) is 0 Å². The average molecular weight is 273 g/mol. The fraction of sp³-hybridized carbons (Fsp3) is 0.308. The monoisotopic (exact) mass is 273 g/mol. The molecule has 3 aromatic rings. The SMILES string of the molecule is Cc1cc(NCCC(O)c2ccco2)n2ncnc2n1. The second kappa shape index (κ2) is 5.30. The molecule has 3 heterocycles. The third kappa shape index (κ3) is 2.48. The van der Waals surface area contributed by atoms with Crippen LogP contribution < -0.4 is 5.32 Å². The fourth-order valence-corrected chi connectivity index (χ4v) is 2.02. The van der Waals surface area contributed by atoms with Crippen molar-refractivity contribution in [3.63, 3.8) is 0 Å². The van der Waals surface area contributed by atoms with Gasteiger partial charge >= 0.3 is 0 Å². The molecule has 3 rings (SSSR count). The summed E-state index contributed by atoms with van der Waals surface area (Å²) in [6.07, 6.45) is 2.93. The molecule has 3 aromatic heterocycles.